The first-order valence-electron chi connectivity index (χ1n) is 6.90. The lowest BCUT2D eigenvalue weighted by molar-refractivity contribution is 0.0398. The quantitative estimate of drug-likeness (QED) is 0.636. The van der Waals surface area contributed by atoms with Crippen LogP contribution >= 0.6 is 0 Å². The number of rotatable bonds is 6. The van der Waals surface area contributed by atoms with E-state index in [1.165, 1.54) is 13.1 Å². The summed E-state index contributed by atoms with van der Waals surface area (Å²) in [5.41, 5.74) is 6.86. The first-order chi connectivity index (χ1) is 10.0. The second-order valence-corrected chi connectivity index (χ2v) is 6.70. The van der Waals surface area contributed by atoms with Crippen LogP contribution in [-0.4, -0.2) is 59.8 Å². The summed E-state index contributed by atoms with van der Waals surface area (Å²) in [6, 6.07) is 4.88. The summed E-state index contributed by atoms with van der Waals surface area (Å²) in [7, 11) is -2.14. The largest absolute Gasteiger partial charge is 0.398 e. The minimum absolute atomic E-state index is 0.101. The molecule has 7 nitrogen and oxygen atoms in total. The Morgan fingerprint density at radius 3 is 2.67 bits per heavy atom. The van der Waals surface area contributed by atoms with E-state index in [9.17, 15) is 8.42 Å². The van der Waals surface area contributed by atoms with Gasteiger partial charge in [-0.15, -0.1) is 0 Å². The number of hydrogen-bond donors (Lipinski definition) is 3. The fourth-order valence-electron chi connectivity index (χ4n) is 2.20. The molecule has 2 rings (SSSR count). The normalized spacial score (nSPS) is 16.8. The van der Waals surface area contributed by atoms with Crippen molar-refractivity contribution in [2.45, 2.75) is 4.90 Å². The third-order valence-corrected chi connectivity index (χ3v) is 4.92. The van der Waals surface area contributed by atoms with E-state index in [0.717, 1.165) is 45.1 Å². The van der Waals surface area contributed by atoms with Gasteiger partial charge in [0.1, 0.15) is 4.90 Å². The molecule has 0 saturated carbocycles. The number of nitrogens with zero attached hydrogens (tertiary/aromatic N) is 1. The van der Waals surface area contributed by atoms with E-state index >= 15 is 0 Å². The molecule has 0 unspecified atom stereocenters. The van der Waals surface area contributed by atoms with Crippen LogP contribution in [0.1, 0.15) is 0 Å². The number of hydrogen-bond acceptors (Lipinski definition) is 6. The smallest absolute Gasteiger partial charge is 0.242 e. The molecule has 4 N–H and O–H groups in total. The molecule has 1 heterocycles. The lowest BCUT2D eigenvalue weighted by atomic mass is 10.3. The summed E-state index contributed by atoms with van der Waals surface area (Å²) >= 11 is 0. The Bertz CT molecular complexity index is 571. The molecule has 1 aromatic rings. The van der Waals surface area contributed by atoms with Crippen LogP contribution in [0.25, 0.3) is 0 Å². The monoisotopic (exact) mass is 314 g/mol. The Labute approximate surface area is 125 Å². The van der Waals surface area contributed by atoms with Crippen LogP contribution in [0, 0.1) is 0 Å². The van der Waals surface area contributed by atoms with E-state index in [1.807, 2.05) is 0 Å². The molecule has 0 spiro atoms. The Morgan fingerprint density at radius 1 is 1.33 bits per heavy atom. The van der Waals surface area contributed by atoms with Gasteiger partial charge in [-0.05, 0) is 25.2 Å². The number of ether oxygens (including phenoxy) is 1. The predicted octanol–water partition coefficient (Wildman–Crippen LogP) is -0.0790. The van der Waals surface area contributed by atoms with Gasteiger partial charge in [-0.1, -0.05) is 0 Å². The fraction of sp³-hybridized carbons (Fsp3) is 0.538. The highest BCUT2D eigenvalue weighted by atomic mass is 32.2. The van der Waals surface area contributed by atoms with Gasteiger partial charge < -0.3 is 15.8 Å². The standard InChI is InChI=1S/C13H22N4O3S/c1-15-21(18,19)13-3-2-11(10-12(13)14)16-4-5-17-6-8-20-9-7-17/h2-3,10,15-16H,4-9,14H2,1H3. The fourth-order valence-corrected chi connectivity index (χ4v) is 3.03. The third-order valence-electron chi connectivity index (χ3n) is 3.43. The topological polar surface area (TPSA) is 96.7 Å². The summed E-state index contributed by atoms with van der Waals surface area (Å²) < 4.78 is 31.0. The number of sulfonamides is 1. The molecule has 1 aliphatic heterocycles. The van der Waals surface area contributed by atoms with Gasteiger partial charge in [-0.3, -0.25) is 4.90 Å². The first kappa shape index (κ1) is 16.0. The number of benzene rings is 1. The molecule has 1 aromatic carbocycles. The summed E-state index contributed by atoms with van der Waals surface area (Å²) in [5.74, 6) is 0. The van der Waals surface area contributed by atoms with E-state index in [1.54, 1.807) is 12.1 Å². The maximum absolute atomic E-state index is 11.7. The summed E-state index contributed by atoms with van der Waals surface area (Å²) in [4.78, 5) is 2.42. The van der Waals surface area contributed by atoms with Gasteiger partial charge in [0.25, 0.3) is 0 Å². The van der Waals surface area contributed by atoms with Crippen molar-refractivity contribution in [3.63, 3.8) is 0 Å². The Kier molecular flexibility index (Phi) is 5.40. The molecule has 0 bridgehead atoms. The number of morpholine rings is 1. The first-order valence-corrected chi connectivity index (χ1v) is 8.38. The van der Waals surface area contributed by atoms with Crippen molar-refractivity contribution in [2.24, 2.45) is 0 Å². The molecule has 1 saturated heterocycles. The van der Waals surface area contributed by atoms with E-state index in [4.69, 9.17) is 10.5 Å². The van der Waals surface area contributed by atoms with Crippen LogP contribution in [0.4, 0.5) is 11.4 Å². The van der Waals surface area contributed by atoms with Gasteiger partial charge >= 0.3 is 0 Å². The summed E-state index contributed by atoms with van der Waals surface area (Å²) in [6.07, 6.45) is 0. The molecule has 0 radical (unpaired) electrons. The molecule has 8 heteroatoms. The van der Waals surface area contributed by atoms with Crippen LogP contribution in [-0.2, 0) is 14.8 Å². The number of nitrogens with two attached hydrogens (primary N) is 1. The summed E-state index contributed by atoms with van der Waals surface area (Å²) in [5, 5.41) is 3.25. The zero-order chi connectivity index (χ0) is 15.3. The number of nitrogen functional groups attached to an aromatic ring is 1. The highest BCUT2D eigenvalue weighted by molar-refractivity contribution is 7.89. The van der Waals surface area contributed by atoms with Gasteiger partial charge in [-0.2, -0.15) is 0 Å². The predicted molar refractivity (Wildman–Crippen MR) is 82.8 cm³/mol. The highest BCUT2D eigenvalue weighted by Gasteiger charge is 2.15. The summed E-state index contributed by atoms with van der Waals surface area (Å²) in [6.45, 7) is 5.15. The van der Waals surface area contributed by atoms with Crippen molar-refractivity contribution in [1.82, 2.24) is 9.62 Å². The molecule has 0 atom stereocenters. The molecule has 1 aliphatic rings. The Balaban J connectivity index is 1.91. The third kappa shape index (κ3) is 4.31. The van der Waals surface area contributed by atoms with Crippen molar-refractivity contribution in [1.29, 1.82) is 0 Å². The lowest BCUT2D eigenvalue weighted by Gasteiger charge is -2.26. The van der Waals surface area contributed by atoms with Crippen molar-refractivity contribution in [3.05, 3.63) is 18.2 Å². The van der Waals surface area contributed by atoms with Gasteiger partial charge in [0, 0.05) is 31.9 Å². The average molecular weight is 314 g/mol. The van der Waals surface area contributed by atoms with Crippen LogP contribution in [0.3, 0.4) is 0 Å². The van der Waals surface area contributed by atoms with E-state index in [2.05, 4.69) is 14.9 Å². The van der Waals surface area contributed by atoms with Gasteiger partial charge in [-0.25, -0.2) is 13.1 Å². The number of anilines is 2. The van der Waals surface area contributed by atoms with Gasteiger partial charge in [0.2, 0.25) is 10.0 Å². The van der Waals surface area contributed by atoms with Crippen LogP contribution in [0.2, 0.25) is 0 Å². The maximum Gasteiger partial charge on any atom is 0.242 e. The van der Waals surface area contributed by atoms with Crippen molar-refractivity contribution in [3.8, 4) is 0 Å². The van der Waals surface area contributed by atoms with E-state index in [0.29, 0.717) is 0 Å². The molecule has 118 valence electrons. The van der Waals surface area contributed by atoms with Crippen LogP contribution < -0.4 is 15.8 Å². The molecular weight excluding hydrogens is 292 g/mol. The molecule has 0 aliphatic carbocycles. The zero-order valence-electron chi connectivity index (χ0n) is 12.1. The van der Waals surface area contributed by atoms with Gasteiger partial charge in [0.15, 0.2) is 0 Å². The van der Waals surface area contributed by atoms with Crippen LogP contribution in [0.5, 0.6) is 0 Å². The molecule has 1 fully saturated rings. The minimum atomic E-state index is -3.51. The van der Waals surface area contributed by atoms with E-state index < -0.39 is 10.0 Å². The van der Waals surface area contributed by atoms with Crippen molar-refractivity contribution >= 4 is 21.4 Å². The van der Waals surface area contributed by atoms with Crippen molar-refractivity contribution in [2.75, 3.05) is 57.5 Å². The molecular formula is C13H22N4O3S. The lowest BCUT2D eigenvalue weighted by Crippen LogP contribution is -2.39. The Hall–Kier alpha value is -1.35. The van der Waals surface area contributed by atoms with Crippen molar-refractivity contribution < 1.29 is 13.2 Å². The van der Waals surface area contributed by atoms with Crippen LogP contribution in [0.15, 0.2) is 23.1 Å². The average Bonchev–Trinajstić information content (AvgIpc) is 2.48. The second-order valence-electron chi connectivity index (χ2n) is 4.84. The zero-order valence-corrected chi connectivity index (χ0v) is 12.9. The number of nitrogens with one attached hydrogen (secondary N) is 2. The second kappa shape index (κ2) is 7.08. The molecule has 21 heavy (non-hydrogen) atoms. The SMILES string of the molecule is CNS(=O)(=O)c1ccc(NCCN2CCOCC2)cc1N. The molecule has 0 aromatic heterocycles. The minimum Gasteiger partial charge on any atom is -0.398 e. The van der Waals surface area contributed by atoms with Gasteiger partial charge in [0.05, 0.1) is 18.9 Å². The maximum atomic E-state index is 11.7. The molecule has 0 amide bonds. The Morgan fingerprint density at radius 2 is 2.05 bits per heavy atom. The highest BCUT2D eigenvalue weighted by Crippen LogP contribution is 2.22. The van der Waals surface area contributed by atoms with E-state index in [-0.39, 0.29) is 10.6 Å².